The number of rotatable bonds is 5. The molecule has 0 spiro atoms. The molecule has 25 heavy (non-hydrogen) atoms. The first-order valence-electron chi connectivity index (χ1n) is 8.29. The van der Waals surface area contributed by atoms with E-state index in [1.807, 2.05) is 20.9 Å². The Morgan fingerprint density at radius 3 is 2.72 bits per heavy atom. The number of thioether (sulfide) groups is 1. The third kappa shape index (κ3) is 2.95. The lowest BCUT2D eigenvalue weighted by Gasteiger charge is -2.44. The van der Waals surface area contributed by atoms with Crippen LogP contribution in [0.15, 0.2) is 22.7 Å². The van der Waals surface area contributed by atoms with Crippen LogP contribution < -0.4 is 4.57 Å². The number of nitrogens with zero attached hydrogens (tertiary/aromatic N) is 2. The highest BCUT2D eigenvalue weighted by atomic mass is 32.2. The SMILES string of the molecule is Cc1cc(C)[n+](C)c(CSC2=C(C(=O)O)N3C(=O)[C@H]([C@@H](C)O)[C@H]3C2)c1. The number of aliphatic hydroxyl groups excluding tert-OH is 1. The van der Waals surface area contributed by atoms with E-state index < -0.39 is 18.0 Å². The normalized spacial score (nSPS) is 23.6. The molecule has 7 heteroatoms. The summed E-state index contributed by atoms with van der Waals surface area (Å²) in [6.45, 7) is 5.66. The van der Waals surface area contributed by atoms with Gasteiger partial charge in [0, 0.05) is 30.4 Å². The van der Waals surface area contributed by atoms with Gasteiger partial charge in [0.1, 0.15) is 12.7 Å². The molecule has 1 aromatic rings. The number of carbonyl (C=O) groups is 2. The Bertz CT molecular complexity index is 788. The Morgan fingerprint density at radius 1 is 1.44 bits per heavy atom. The molecule has 3 atom stereocenters. The molecule has 0 saturated carbocycles. The minimum absolute atomic E-state index is 0.0870. The topological polar surface area (TPSA) is 81.7 Å². The quantitative estimate of drug-likeness (QED) is 0.608. The van der Waals surface area contributed by atoms with Gasteiger partial charge in [-0.2, -0.15) is 0 Å². The highest BCUT2D eigenvalue weighted by Crippen LogP contribution is 2.47. The van der Waals surface area contributed by atoms with E-state index in [0.29, 0.717) is 17.1 Å². The Hall–Kier alpha value is -1.86. The summed E-state index contributed by atoms with van der Waals surface area (Å²) in [5, 5.41) is 19.3. The third-order valence-electron chi connectivity index (χ3n) is 5.08. The van der Waals surface area contributed by atoms with Crippen molar-refractivity contribution in [3.8, 4) is 0 Å². The molecule has 0 aromatic carbocycles. The van der Waals surface area contributed by atoms with Gasteiger partial charge >= 0.3 is 5.97 Å². The molecule has 0 radical (unpaired) electrons. The zero-order valence-electron chi connectivity index (χ0n) is 14.8. The molecule has 0 bridgehead atoms. The maximum Gasteiger partial charge on any atom is 0.353 e. The highest BCUT2D eigenvalue weighted by molar-refractivity contribution is 8.02. The number of pyridine rings is 1. The lowest BCUT2D eigenvalue weighted by molar-refractivity contribution is -0.684. The van der Waals surface area contributed by atoms with E-state index in [4.69, 9.17) is 0 Å². The number of aliphatic hydroxyl groups is 1. The van der Waals surface area contributed by atoms with E-state index >= 15 is 0 Å². The monoisotopic (exact) mass is 363 g/mol. The van der Waals surface area contributed by atoms with Crippen molar-refractivity contribution in [3.05, 3.63) is 39.7 Å². The van der Waals surface area contributed by atoms with E-state index in [1.165, 1.54) is 22.2 Å². The molecular weight excluding hydrogens is 340 g/mol. The van der Waals surface area contributed by atoms with Crippen molar-refractivity contribution in [1.82, 2.24) is 4.90 Å². The molecule has 2 aliphatic heterocycles. The van der Waals surface area contributed by atoms with Crippen molar-refractivity contribution in [1.29, 1.82) is 0 Å². The Kier molecular flexibility index (Phi) is 4.64. The van der Waals surface area contributed by atoms with Crippen LogP contribution in [-0.2, 0) is 22.4 Å². The average Bonchev–Trinajstić information content (AvgIpc) is 2.83. The molecule has 6 nitrogen and oxygen atoms in total. The van der Waals surface area contributed by atoms with Gasteiger partial charge in [0.25, 0.3) is 0 Å². The van der Waals surface area contributed by atoms with Crippen LogP contribution in [0.5, 0.6) is 0 Å². The predicted molar refractivity (Wildman–Crippen MR) is 93.5 cm³/mol. The zero-order valence-corrected chi connectivity index (χ0v) is 15.6. The Balaban J connectivity index is 1.83. The molecule has 0 aliphatic carbocycles. The molecule has 134 valence electrons. The van der Waals surface area contributed by atoms with E-state index in [1.54, 1.807) is 6.92 Å². The van der Waals surface area contributed by atoms with Gasteiger partial charge in [-0.05, 0) is 19.4 Å². The first kappa shape index (κ1) is 17.9. The third-order valence-corrected chi connectivity index (χ3v) is 6.22. The van der Waals surface area contributed by atoms with Crippen molar-refractivity contribution in [2.45, 2.75) is 45.1 Å². The lowest BCUT2D eigenvalue weighted by Crippen LogP contribution is -2.61. The number of hydrogen-bond donors (Lipinski definition) is 2. The van der Waals surface area contributed by atoms with E-state index in [-0.39, 0.29) is 17.6 Å². The summed E-state index contributed by atoms with van der Waals surface area (Å²) in [5.41, 5.74) is 3.50. The summed E-state index contributed by atoms with van der Waals surface area (Å²) in [7, 11) is 1.99. The van der Waals surface area contributed by atoms with Gasteiger partial charge in [-0.3, -0.25) is 4.79 Å². The molecule has 3 rings (SSSR count). The van der Waals surface area contributed by atoms with Gasteiger partial charge in [-0.15, -0.1) is 11.8 Å². The van der Waals surface area contributed by atoms with Gasteiger partial charge < -0.3 is 15.1 Å². The molecule has 0 unspecified atom stereocenters. The number of aromatic nitrogens is 1. The van der Waals surface area contributed by atoms with Crippen LogP contribution in [0.1, 0.15) is 30.3 Å². The summed E-state index contributed by atoms with van der Waals surface area (Å²) in [5.74, 6) is -1.22. The number of aryl methyl sites for hydroxylation is 2. The van der Waals surface area contributed by atoms with Gasteiger partial charge in [0.05, 0.1) is 23.8 Å². The number of aliphatic carboxylic acids is 1. The smallest absolute Gasteiger partial charge is 0.353 e. The minimum atomic E-state index is -1.08. The minimum Gasteiger partial charge on any atom is -0.477 e. The molecule has 1 aromatic heterocycles. The number of carbonyl (C=O) groups excluding carboxylic acids is 1. The molecule has 2 aliphatic rings. The van der Waals surface area contributed by atoms with E-state index in [9.17, 15) is 19.8 Å². The van der Waals surface area contributed by atoms with Crippen LogP contribution in [-0.4, -0.2) is 39.1 Å². The number of β-lactam (4-membered cyclic amide) rings is 1. The molecule has 3 heterocycles. The fourth-order valence-electron chi connectivity index (χ4n) is 3.71. The maximum absolute atomic E-state index is 12.2. The van der Waals surface area contributed by atoms with E-state index in [0.717, 1.165) is 11.4 Å². The second-order valence-corrected chi connectivity index (χ2v) is 7.91. The highest BCUT2D eigenvalue weighted by Gasteiger charge is 2.56. The van der Waals surface area contributed by atoms with Gasteiger partial charge in [0.2, 0.25) is 5.91 Å². The first-order chi connectivity index (χ1) is 11.7. The van der Waals surface area contributed by atoms with Gasteiger partial charge in [-0.25, -0.2) is 9.36 Å². The van der Waals surface area contributed by atoms with Crippen molar-refractivity contribution >= 4 is 23.6 Å². The van der Waals surface area contributed by atoms with E-state index in [2.05, 4.69) is 16.7 Å². The van der Waals surface area contributed by atoms with Crippen LogP contribution in [0.25, 0.3) is 0 Å². The zero-order chi connectivity index (χ0) is 18.5. The van der Waals surface area contributed by atoms with Crippen LogP contribution in [0, 0.1) is 19.8 Å². The van der Waals surface area contributed by atoms with Crippen molar-refractivity contribution < 1.29 is 24.4 Å². The first-order valence-corrected chi connectivity index (χ1v) is 9.27. The molecule has 1 saturated heterocycles. The number of fused-ring (bicyclic) bond motifs is 1. The summed E-state index contributed by atoms with van der Waals surface area (Å²) in [6.07, 6.45) is -0.257. The second kappa shape index (κ2) is 6.46. The fraction of sp³-hybridized carbons (Fsp3) is 0.500. The van der Waals surface area contributed by atoms with Crippen LogP contribution in [0.3, 0.4) is 0 Å². The average molecular weight is 363 g/mol. The number of carboxylic acids is 1. The molecule has 1 fully saturated rings. The number of carboxylic acid groups (broad SMARTS) is 1. The standard InChI is InChI=1S/C18H22N2O4S/c1-9-5-10(2)19(4)12(6-9)8-25-14-7-13-15(11(3)21)17(22)20(13)16(14)18(23)24/h5-6,11,13,15,21H,7-8H2,1-4H3/p+1/t11-,13-,15-/m1/s1. The summed E-state index contributed by atoms with van der Waals surface area (Å²) in [4.78, 5) is 26.0. The summed E-state index contributed by atoms with van der Waals surface area (Å²) >= 11 is 1.47. The maximum atomic E-state index is 12.2. The summed E-state index contributed by atoms with van der Waals surface area (Å²) < 4.78 is 2.09. The lowest BCUT2D eigenvalue weighted by atomic mass is 9.83. The van der Waals surface area contributed by atoms with Crippen molar-refractivity contribution in [3.63, 3.8) is 0 Å². The van der Waals surface area contributed by atoms with Crippen molar-refractivity contribution in [2.75, 3.05) is 0 Å². The fourth-order valence-corrected chi connectivity index (χ4v) is 4.92. The summed E-state index contributed by atoms with van der Waals surface area (Å²) in [6, 6.07) is 3.96. The molecule has 1 amide bonds. The van der Waals surface area contributed by atoms with Gasteiger partial charge in [-0.1, -0.05) is 0 Å². The van der Waals surface area contributed by atoms with Crippen LogP contribution in [0.4, 0.5) is 0 Å². The Morgan fingerprint density at radius 2 is 2.12 bits per heavy atom. The van der Waals surface area contributed by atoms with Crippen LogP contribution >= 0.6 is 11.8 Å². The predicted octanol–water partition coefficient (Wildman–Crippen LogP) is 1.27. The molecular formula is C18H23N2O4S+. The number of amides is 1. The number of hydrogen-bond acceptors (Lipinski definition) is 4. The Labute approximate surface area is 151 Å². The second-order valence-electron chi connectivity index (χ2n) is 6.84. The van der Waals surface area contributed by atoms with Crippen LogP contribution in [0.2, 0.25) is 0 Å². The largest absolute Gasteiger partial charge is 0.477 e. The molecule has 2 N–H and O–H groups in total. The van der Waals surface area contributed by atoms with Gasteiger partial charge in [0.15, 0.2) is 11.4 Å². The van der Waals surface area contributed by atoms with Crippen molar-refractivity contribution in [2.24, 2.45) is 13.0 Å².